The van der Waals surface area contributed by atoms with Crippen molar-refractivity contribution in [3.63, 3.8) is 0 Å². The zero-order valence-electron chi connectivity index (χ0n) is 20.8. The van der Waals surface area contributed by atoms with Crippen LogP contribution in [0.5, 0.6) is 0 Å². The molecule has 0 aromatic heterocycles. The largest absolute Gasteiger partial charge is 0.465 e. The van der Waals surface area contributed by atoms with E-state index >= 15 is 0 Å². The quantitative estimate of drug-likeness (QED) is 0.386. The molecule has 7 atom stereocenters. The number of carbonyl (C=O) groups excluding carboxylic acids is 4. The zero-order valence-corrected chi connectivity index (χ0v) is 20.8. The van der Waals surface area contributed by atoms with Crippen LogP contribution in [0, 0.1) is 34.5 Å². The van der Waals surface area contributed by atoms with Gasteiger partial charge in [-0.2, -0.15) is 0 Å². The Hall–Kier alpha value is -2.38. The average molecular weight is 477 g/mol. The minimum atomic E-state index is -0.850. The Bertz CT molecular complexity index is 906. The molecule has 0 amide bonds. The maximum atomic E-state index is 13.2. The Morgan fingerprint density at radius 2 is 1.76 bits per heavy atom. The Morgan fingerprint density at radius 3 is 2.38 bits per heavy atom. The lowest BCUT2D eigenvalue weighted by Gasteiger charge is -2.70. The summed E-state index contributed by atoms with van der Waals surface area (Å²) < 4.78 is 23.0. The predicted octanol–water partition coefficient (Wildman–Crippen LogP) is 3.71. The topological polar surface area (TPSA) is 105 Å². The standard InChI is InChI=1S/C26H36O8/c1-14(2)7-8-20(30)19-12-31-23(33-16(4)28)22-18(19)11-21-25(13-32-15(3)27)9-6-10-26(21,22)24(25)34-17(5)29/h12,14,18,21-24H,6-11,13H2,1-5H3/t18-,21-,22+,23-,24-,25-,26+/m1/s1. The van der Waals surface area contributed by atoms with E-state index in [9.17, 15) is 19.2 Å². The molecule has 188 valence electrons. The van der Waals surface area contributed by atoms with Gasteiger partial charge in [0.15, 0.2) is 5.78 Å². The van der Waals surface area contributed by atoms with E-state index in [4.69, 9.17) is 18.9 Å². The van der Waals surface area contributed by atoms with E-state index in [2.05, 4.69) is 13.8 Å². The fourth-order valence-corrected chi connectivity index (χ4v) is 7.53. The smallest absolute Gasteiger partial charge is 0.305 e. The van der Waals surface area contributed by atoms with Gasteiger partial charge >= 0.3 is 17.9 Å². The van der Waals surface area contributed by atoms with Gasteiger partial charge in [-0.15, -0.1) is 0 Å². The van der Waals surface area contributed by atoms with Crippen LogP contribution in [0.1, 0.15) is 73.1 Å². The molecule has 34 heavy (non-hydrogen) atoms. The van der Waals surface area contributed by atoms with Crippen LogP contribution < -0.4 is 0 Å². The average Bonchev–Trinajstić information content (AvgIpc) is 3.08. The third kappa shape index (κ3) is 3.83. The predicted molar refractivity (Wildman–Crippen MR) is 120 cm³/mol. The van der Waals surface area contributed by atoms with Crippen LogP contribution in [0.2, 0.25) is 0 Å². The van der Waals surface area contributed by atoms with Gasteiger partial charge in [0.1, 0.15) is 12.7 Å². The number of hydrogen-bond acceptors (Lipinski definition) is 8. The molecule has 4 rings (SSSR count). The number of ether oxygens (including phenoxy) is 4. The maximum absolute atomic E-state index is 13.2. The highest BCUT2D eigenvalue weighted by Crippen LogP contribution is 2.79. The van der Waals surface area contributed by atoms with Crippen molar-refractivity contribution in [2.24, 2.45) is 34.5 Å². The van der Waals surface area contributed by atoms with Crippen molar-refractivity contribution in [1.82, 2.24) is 0 Å². The number of ketones is 1. The van der Waals surface area contributed by atoms with E-state index in [1.165, 1.54) is 27.0 Å². The third-order valence-corrected chi connectivity index (χ3v) is 8.55. The fourth-order valence-electron chi connectivity index (χ4n) is 7.53. The monoisotopic (exact) mass is 476 g/mol. The Kier molecular flexibility index (Phi) is 6.55. The van der Waals surface area contributed by atoms with Gasteiger partial charge in [-0.3, -0.25) is 19.2 Å². The molecule has 0 radical (unpaired) electrons. The van der Waals surface area contributed by atoms with E-state index in [1.807, 2.05) is 0 Å². The first kappa shape index (κ1) is 24.7. The van der Waals surface area contributed by atoms with Crippen molar-refractivity contribution in [3.05, 3.63) is 11.8 Å². The number of carbonyl (C=O) groups is 4. The molecule has 3 fully saturated rings. The summed E-state index contributed by atoms with van der Waals surface area (Å²) in [5, 5.41) is 0. The fraction of sp³-hybridized carbons (Fsp3) is 0.769. The van der Waals surface area contributed by atoms with Crippen molar-refractivity contribution < 1.29 is 38.1 Å². The summed E-state index contributed by atoms with van der Waals surface area (Å²) in [4.78, 5) is 49.0. The number of hydrogen-bond donors (Lipinski definition) is 0. The molecular formula is C26H36O8. The second-order valence-electron chi connectivity index (χ2n) is 10.9. The summed E-state index contributed by atoms with van der Waals surface area (Å²) in [5.74, 6) is -1.19. The van der Waals surface area contributed by atoms with Crippen LogP contribution >= 0.6 is 0 Å². The third-order valence-electron chi connectivity index (χ3n) is 8.55. The molecule has 0 unspecified atom stereocenters. The van der Waals surface area contributed by atoms with Gasteiger partial charge < -0.3 is 18.9 Å². The Morgan fingerprint density at radius 1 is 1.06 bits per heavy atom. The number of Topliss-reactive ketones (excluding diaryl/α,β-unsaturated/α-hetero) is 1. The van der Waals surface area contributed by atoms with Crippen molar-refractivity contribution in [2.45, 2.75) is 85.5 Å². The highest BCUT2D eigenvalue weighted by molar-refractivity contribution is 5.96. The molecule has 1 aliphatic heterocycles. The first-order valence-electron chi connectivity index (χ1n) is 12.4. The molecule has 4 aliphatic rings. The zero-order chi connectivity index (χ0) is 24.8. The summed E-state index contributed by atoms with van der Waals surface area (Å²) >= 11 is 0. The first-order chi connectivity index (χ1) is 16.0. The molecular weight excluding hydrogens is 440 g/mol. The maximum Gasteiger partial charge on any atom is 0.305 e. The second kappa shape index (κ2) is 9.00. The Labute approximate surface area is 200 Å². The van der Waals surface area contributed by atoms with Gasteiger partial charge in [0.05, 0.1) is 6.26 Å². The van der Waals surface area contributed by atoms with Crippen molar-refractivity contribution in [3.8, 4) is 0 Å². The van der Waals surface area contributed by atoms with E-state index in [1.54, 1.807) is 0 Å². The van der Waals surface area contributed by atoms with Gasteiger partial charge in [-0.25, -0.2) is 0 Å². The van der Waals surface area contributed by atoms with Gasteiger partial charge in [0.25, 0.3) is 0 Å². The lowest BCUT2D eigenvalue weighted by molar-refractivity contribution is -0.315. The van der Waals surface area contributed by atoms with Crippen molar-refractivity contribution >= 4 is 23.7 Å². The van der Waals surface area contributed by atoms with Crippen LogP contribution in [-0.4, -0.2) is 42.7 Å². The molecule has 8 heteroatoms. The Balaban J connectivity index is 1.73. The van der Waals surface area contributed by atoms with E-state index in [0.29, 0.717) is 24.3 Å². The second-order valence-corrected chi connectivity index (χ2v) is 10.9. The molecule has 3 saturated carbocycles. The molecule has 8 nitrogen and oxygen atoms in total. The molecule has 0 aromatic carbocycles. The minimum absolute atomic E-state index is 0.0512. The van der Waals surface area contributed by atoms with Gasteiger partial charge in [-0.1, -0.05) is 20.3 Å². The highest BCUT2D eigenvalue weighted by atomic mass is 16.7. The normalized spacial score (nSPS) is 37.4. The highest BCUT2D eigenvalue weighted by Gasteiger charge is 2.82. The van der Waals surface area contributed by atoms with Gasteiger partial charge in [0.2, 0.25) is 6.29 Å². The summed E-state index contributed by atoms with van der Waals surface area (Å²) in [5.41, 5.74) is -0.361. The van der Waals surface area contributed by atoms with E-state index < -0.39 is 35.2 Å². The van der Waals surface area contributed by atoms with Crippen LogP contribution in [0.25, 0.3) is 0 Å². The lowest BCUT2D eigenvalue weighted by Crippen LogP contribution is -2.74. The molecule has 0 spiro atoms. The number of fused-ring (bicyclic) bond motifs is 1. The van der Waals surface area contributed by atoms with Crippen LogP contribution in [0.15, 0.2) is 11.8 Å². The lowest BCUT2D eigenvalue weighted by atomic mass is 9.36. The SMILES string of the molecule is CC(=O)OC[C@]12CCC[C@]3([C@@H]4[C@@H](OC(C)=O)OC=C(C(=O)CCC(C)C)[C@H]4C[C@H]13)[C@@H]2OC(C)=O. The van der Waals surface area contributed by atoms with Gasteiger partial charge in [0, 0.05) is 55.4 Å². The number of rotatable bonds is 8. The number of esters is 3. The first-order valence-corrected chi connectivity index (χ1v) is 12.4. The molecule has 2 bridgehead atoms. The van der Waals surface area contributed by atoms with Crippen LogP contribution in [-0.2, 0) is 38.1 Å². The molecule has 0 saturated heterocycles. The van der Waals surface area contributed by atoms with Crippen LogP contribution in [0.3, 0.4) is 0 Å². The van der Waals surface area contributed by atoms with E-state index in [-0.39, 0.29) is 36.1 Å². The molecule has 0 aromatic rings. The van der Waals surface area contributed by atoms with Crippen molar-refractivity contribution in [2.75, 3.05) is 6.61 Å². The van der Waals surface area contributed by atoms with Crippen molar-refractivity contribution in [1.29, 1.82) is 0 Å². The summed E-state index contributed by atoms with van der Waals surface area (Å²) in [6.45, 7) is 8.43. The summed E-state index contributed by atoms with van der Waals surface area (Å²) in [7, 11) is 0. The summed E-state index contributed by atoms with van der Waals surface area (Å²) in [6.07, 6.45) is 4.45. The van der Waals surface area contributed by atoms with E-state index in [0.717, 1.165) is 25.7 Å². The molecule has 0 N–H and O–H groups in total. The molecule has 1 heterocycles. The van der Waals surface area contributed by atoms with Crippen LogP contribution in [0.4, 0.5) is 0 Å². The minimum Gasteiger partial charge on any atom is -0.465 e. The molecule has 3 aliphatic carbocycles. The van der Waals surface area contributed by atoms with Gasteiger partial charge in [-0.05, 0) is 37.5 Å². The number of allylic oxidation sites excluding steroid dienone is 1. The summed E-state index contributed by atoms with van der Waals surface area (Å²) in [6, 6.07) is 0.